The molecule has 0 aliphatic heterocycles. The zero-order chi connectivity index (χ0) is 23.2. The highest BCUT2D eigenvalue weighted by Crippen LogP contribution is 2.44. The van der Waals surface area contributed by atoms with E-state index in [1.54, 1.807) is 0 Å². The Kier molecular flexibility index (Phi) is 5.60. The van der Waals surface area contributed by atoms with Gasteiger partial charge in [-0.25, -0.2) is 8.78 Å². The van der Waals surface area contributed by atoms with E-state index in [4.69, 9.17) is 0 Å². The summed E-state index contributed by atoms with van der Waals surface area (Å²) in [7, 11) is 0. The van der Waals surface area contributed by atoms with Crippen LogP contribution in [-0.2, 0) is 12.0 Å². The highest BCUT2D eigenvalue weighted by molar-refractivity contribution is 5.78. The van der Waals surface area contributed by atoms with Crippen molar-refractivity contribution in [3.63, 3.8) is 0 Å². The number of pyridine rings is 1. The quantitative estimate of drug-likeness (QED) is 0.567. The fourth-order valence-corrected chi connectivity index (χ4v) is 3.83. The summed E-state index contributed by atoms with van der Waals surface area (Å²) in [5, 5.41) is 20.7. The lowest BCUT2D eigenvalue weighted by Crippen LogP contribution is -2.52. The second-order valence-electron chi connectivity index (χ2n) is 8.22. The smallest absolute Gasteiger partial charge is 0.418 e. The van der Waals surface area contributed by atoms with E-state index in [-0.39, 0.29) is 16.5 Å². The van der Waals surface area contributed by atoms with Crippen LogP contribution in [0.15, 0.2) is 53.5 Å². The molecule has 0 bridgehead atoms. The molecule has 1 unspecified atom stereocenters. The summed E-state index contributed by atoms with van der Waals surface area (Å²) in [5.41, 5.74) is -5.46. The summed E-state index contributed by atoms with van der Waals surface area (Å²) >= 11 is 0. The molecule has 0 radical (unpaired) electrons. The second kappa shape index (κ2) is 7.64. The van der Waals surface area contributed by atoms with Crippen LogP contribution in [0.25, 0.3) is 10.9 Å². The van der Waals surface area contributed by atoms with Crippen molar-refractivity contribution in [3.8, 4) is 5.75 Å². The maximum atomic E-state index is 14.0. The number of aromatic nitrogens is 1. The molecule has 0 fully saturated rings. The molecule has 0 aliphatic carbocycles. The van der Waals surface area contributed by atoms with Crippen molar-refractivity contribution >= 4 is 10.9 Å². The van der Waals surface area contributed by atoms with Crippen LogP contribution >= 0.6 is 0 Å². The summed E-state index contributed by atoms with van der Waals surface area (Å²) in [5.74, 6) is -1.87. The van der Waals surface area contributed by atoms with Gasteiger partial charge in [-0.2, -0.15) is 13.2 Å². The Hall–Kier alpha value is -2.94. The largest absolute Gasteiger partial charge is 0.508 e. The number of rotatable bonds is 5. The minimum Gasteiger partial charge on any atom is -0.508 e. The topological polar surface area (TPSA) is 62.5 Å². The van der Waals surface area contributed by atoms with Crippen LogP contribution in [0.1, 0.15) is 25.8 Å². The maximum absolute atomic E-state index is 14.0. The Bertz CT molecular complexity index is 1190. The molecule has 0 saturated heterocycles. The van der Waals surface area contributed by atoms with Crippen LogP contribution in [-0.4, -0.2) is 26.6 Å². The molecule has 0 spiro atoms. The first-order valence-corrected chi connectivity index (χ1v) is 9.30. The fourth-order valence-electron chi connectivity index (χ4n) is 3.83. The molecular formula is C22H20F5NO3. The molecule has 4 nitrogen and oxygen atoms in total. The van der Waals surface area contributed by atoms with Gasteiger partial charge in [-0.15, -0.1) is 0 Å². The van der Waals surface area contributed by atoms with Crippen molar-refractivity contribution in [2.45, 2.75) is 44.0 Å². The minimum atomic E-state index is -5.11. The van der Waals surface area contributed by atoms with Crippen LogP contribution in [0.2, 0.25) is 0 Å². The summed E-state index contributed by atoms with van der Waals surface area (Å²) in [6.07, 6.45) is -4.94. The molecule has 0 aliphatic rings. The van der Waals surface area contributed by atoms with Crippen molar-refractivity contribution in [2.24, 2.45) is 0 Å². The number of halogens is 5. The average molecular weight is 441 g/mol. The molecule has 9 heteroatoms. The van der Waals surface area contributed by atoms with Gasteiger partial charge in [0.15, 0.2) is 11.0 Å². The van der Waals surface area contributed by atoms with Crippen LogP contribution < -0.4 is 5.43 Å². The zero-order valence-corrected chi connectivity index (χ0v) is 16.7. The minimum absolute atomic E-state index is 0.0167. The Labute approximate surface area is 174 Å². The number of alkyl halides is 3. The van der Waals surface area contributed by atoms with Gasteiger partial charge in [0.05, 0.1) is 12.1 Å². The lowest BCUT2D eigenvalue weighted by Gasteiger charge is -2.38. The number of benzene rings is 2. The van der Waals surface area contributed by atoms with Crippen LogP contribution in [0.3, 0.4) is 0 Å². The molecule has 2 aromatic carbocycles. The van der Waals surface area contributed by atoms with Crippen LogP contribution in [0, 0.1) is 11.6 Å². The predicted molar refractivity (Wildman–Crippen MR) is 105 cm³/mol. The van der Waals surface area contributed by atoms with Crippen molar-refractivity contribution in [2.75, 3.05) is 0 Å². The Morgan fingerprint density at radius 3 is 2.23 bits per heavy atom. The van der Waals surface area contributed by atoms with Gasteiger partial charge in [0, 0.05) is 23.2 Å². The molecule has 1 heterocycles. The summed E-state index contributed by atoms with van der Waals surface area (Å²) in [6, 6.07) is 6.98. The molecule has 1 atom stereocenters. The lowest BCUT2D eigenvalue weighted by atomic mass is 9.74. The average Bonchev–Trinajstić information content (AvgIpc) is 2.65. The molecule has 3 aromatic rings. The molecule has 1 aromatic heterocycles. The van der Waals surface area contributed by atoms with Crippen LogP contribution in [0.5, 0.6) is 5.75 Å². The van der Waals surface area contributed by atoms with Gasteiger partial charge >= 0.3 is 6.18 Å². The second-order valence-corrected chi connectivity index (χ2v) is 8.22. The van der Waals surface area contributed by atoms with E-state index < -0.39 is 53.0 Å². The van der Waals surface area contributed by atoms with Gasteiger partial charge in [-0.3, -0.25) is 4.79 Å². The molecule has 0 saturated carbocycles. The van der Waals surface area contributed by atoms with Crippen molar-refractivity contribution < 1.29 is 32.2 Å². The van der Waals surface area contributed by atoms with E-state index in [1.807, 2.05) is 0 Å². The van der Waals surface area contributed by atoms with Crippen LogP contribution in [0.4, 0.5) is 22.0 Å². The predicted octanol–water partition coefficient (Wildman–Crippen LogP) is 4.65. The summed E-state index contributed by atoms with van der Waals surface area (Å²) in [6.45, 7) is 1.69. The van der Waals surface area contributed by atoms with Gasteiger partial charge in [0.1, 0.15) is 17.4 Å². The first-order chi connectivity index (χ1) is 14.2. The summed E-state index contributed by atoms with van der Waals surface area (Å²) < 4.78 is 70.3. The number of fused-ring (bicyclic) bond motifs is 1. The first-order valence-electron chi connectivity index (χ1n) is 9.30. The van der Waals surface area contributed by atoms with E-state index in [1.165, 1.54) is 13.8 Å². The number of hydrogen-bond acceptors (Lipinski definition) is 3. The molecule has 31 heavy (non-hydrogen) atoms. The Balaban J connectivity index is 2.09. The van der Waals surface area contributed by atoms with E-state index in [2.05, 4.69) is 0 Å². The van der Waals surface area contributed by atoms with Crippen molar-refractivity contribution in [1.29, 1.82) is 0 Å². The van der Waals surface area contributed by atoms with Gasteiger partial charge in [0.25, 0.3) is 0 Å². The lowest BCUT2D eigenvalue weighted by molar-refractivity contribution is -0.271. The van der Waals surface area contributed by atoms with Gasteiger partial charge < -0.3 is 14.8 Å². The highest BCUT2D eigenvalue weighted by atomic mass is 19.4. The first kappa shape index (κ1) is 22.7. The Morgan fingerprint density at radius 1 is 0.968 bits per heavy atom. The third kappa shape index (κ3) is 4.41. The van der Waals surface area contributed by atoms with Gasteiger partial charge in [0.2, 0.25) is 0 Å². The van der Waals surface area contributed by atoms with E-state index in [9.17, 15) is 37.0 Å². The van der Waals surface area contributed by atoms with E-state index in [0.29, 0.717) is 0 Å². The van der Waals surface area contributed by atoms with Crippen molar-refractivity contribution in [3.05, 3.63) is 76.1 Å². The number of aromatic hydroxyl groups is 1. The standard InChI is InChI=1S/C22H20F5NO3/c1-20(2,16-10-14(24)4-6-19(16)30)11-21(31,22(25,26)27)12-28-8-7-18(29)15-9-13(23)3-5-17(15)28/h3-10,30-31H,11-12H2,1-2H3. The third-order valence-corrected chi connectivity index (χ3v) is 5.32. The van der Waals surface area contributed by atoms with Gasteiger partial charge in [-0.05, 0) is 48.2 Å². The number of aliphatic hydroxyl groups is 1. The Morgan fingerprint density at radius 2 is 1.58 bits per heavy atom. The molecule has 0 amide bonds. The normalized spacial score (nSPS) is 14.6. The number of phenolic OH excluding ortho intramolecular Hbond substituents is 1. The number of nitrogens with zero attached hydrogens (tertiary/aromatic N) is 1. The third-order valence-electron chi connectivity index (χ3n) is 5.32. The molecule has 2 N–H and O–H groups in total. The monoisotopic (exact) mass is 441 g/mol. The highest BCUT2D eigenvalue weighted by Gasteiger charge is 2.56. The zero-order valence-electron chi connectivity index (χ0n) is 16.7. The van der Waals surface area contributed by atoms with E-state index in [0.717, 1.165) is 53.2 Å². The van der Waals surface area contributed by atoms with E-state index >= 15 is 0 Å². The number of hydrogen-bond donors (Lipinski definition) is 2. The van der Waals surface area contributed by atoms with Crippen molar-refractivity contribution in [1.82, 2.24) is 4.57 Å². The molecule has 166 valence electrons. The maximum Gasteiger partial charge on any atom is 0.418 e. The number of phenols is 1. The molecular weight excluding hydrogens is 421 g/mol. The summed E-state index contributed by atoms with van der Waals surface area (Å²) in [4.78, 5) is 12.0. The fraction of sp³-hybridized carbons (Fsp3) is 0.318. The van der Waals surface area contributed by atoms with Gasteiger partial charge in [-0.1, -0.05) is 13.8 Å². The SMILES string of the molecule is CC(C)(CC(O)(Cn1ccc(=O)c2cc(F)ccc21)C(F)(F)F)c1cc(F)ccc1O. The molecule has 3 rings (SSSR count).